The summed E-state index contributed by atoms with van der Waals surface area (Å²) in [5.41, 5.74) is 0. The lowest BCUT2D eigenvalue weighted by molar-refractivity contribution is 0.603. The average molecular weight is 197 g/mol. The summed E-state index contributed by atoms with van der Waals surface area (Å²) in [5, 5.41) is 0. The van der Waals surface area contributed by atoms with Crippen LogP contribution in [0.4, 0.5) is 0 Å². The Morgan fingerprint density at radius 2 is 1.91 bits per heavy atom. The van der Waals surface area contributed by atoms with Crippen LogP contribution in [0.25, 0.3) is 0 Å². The molecule has 0 aliphatic heterocycles. The lowest BCUT2D eigenvalue weighted by Crippen LogP contribution is -1.96. The fourth-order valence-electron chi connectivity index (χ4n) is 0.740. The third-order valence-corrected chi connectivity index (χ3v) is 2.54. The van der Waals surface area contributed by atoms with Crippen LogP contribution in [0.2, 0.25) is 0 Å². The largest absolute Gasteiger partial charge is 0.232 e. The highest BCUT2D eigenvalue weighted by atomic mass is 35.7. The van der Waals surface area contributed by atoms with Crippen molar-refractivity contribution in [2.75, 3.05) is 5.75 Å². The number of hydrogen-bond donors (Lipinski definition) is 0. The molecule has 0 atom stereocenters. The summed E-state index contributed by atoms with van der Waals surface area (Å²) in [7, 11) is 1.73. The zero-order valence-electron chi connectivity index (χ0n) is 6.42. The smallest absolute Gasteiger partial charge is 0.212 e. The van der Waals surface area contributed by atoms with Gasteiger partial charge in [-0.1, -0.05) is 12.5 Å². The molecule has 0 bridgehead atoms. The Morgan fingerprint density at radius 3 is 2.36 bits per heavy atom. The average Bonchev–Trinajstić information content (AvgIpc) is 1.85. The van der Waals surface area contributed by atoms with Gasteiger partial charge in [0.25, 0.3) is 0 Å². The van der Waals surface area contributed by atoms with Crippen LogP contribution in [0.1, 0.15) is 25.7 Å². The fraction of sp³-hybridized carbons (Fsp3) is 0.714. The first-order valence-corrected chi connectivity index (χ1v) is 6.07. The second-order valence-corrected chi connectivity index (χ2v) is 5.28. The van der Waals surface area contributed by atoms with Gasteiger partial charge in [0, 0.05) is 10.7 Å². The van der Waals surface area contributed by atoms with E-state index in [1.165, 1.54) is 0 Å². The van der Waals surface area contributed by atoms with E-state index < -0.39 is 9.05 Å². The predicted molar refractivity (Wildman–Crippen MR) is 48.3 cm³/mol. The van der Waals surface area contributed by atoms with Crippen molar-refractivity contribution in [1.82, 2.24) is 0 Å². The van der Waals surface area contributed by atoms with Crippen LogP contribution in [0.5, 0.6) is 0 Å². The van der Waals surface area contributed by atoms with Gasteiger partial charge in [-0.15, -0.1) is 6.58 Å². The van der Waals surface area contributed by atoms with Crippen molar-refractivity contribution in [3.8, 4) is 0 Å². The molecule has 0 aromatic heterocycles. The van der Waals surface area contributed by atoms with Gasteiger partial charge in [0.2, 0.25) is 9.05 Å². The van der Waals surface area contributed by atoms with E-state index in [4.69, 9.17) is 10.7 Å². The van der Waals surface area contributed by atoms with Crippen LogP contribution >= 0.6 is 10.7 Å². The maximum atomic E-state index is 10.4. The molecule has 11 heavy (non-hydrogen) atoms. The highest BCUT2D eigenvalue weighted by molar-refractivity contribution is 8.13. The van der Waals surface area contributed by atoms with Gasteiger partial charge in [0.05, 0.1) is 5.75 Å². The molecule has 0 aromatic carbocycles. The van der Waals surface area contributed by atoms with E-state index in [9.17, 15) is 8.42 Å². The van der Waals surface area contributed by atoms with Crippen LogP contribution in [-0.2, 0) is 9.05 Å². The molecule has 0 fully saturated rings. The van der Waals surface area contributed by atoms with Crippen molar-refractivity contribution in [2.45, 2.75) is 25.7 Å². The molecule has 0 aliphatic rings. The van der Waals surface area contributed by atoms with Crippen LogP contribution in [0.15, 0.2) is 12.7 Å². The molecular formula is C7H13ClO2S. The van der Waals surface area contributed by atoms with Gasteiger partial charge in [0.1, 0.15) is 0 Å². The second kappa shape index (κ2) is 5.61. The molecule has 2 nitrogen and oxygen atoms in total. The van der Waals surface area contributed by atoms with E-state index >= 15 is 0 Å². The van der Waals surface area contributed by atoms with Crippen molar-refractivity contribution >= 4 is 19.7 Å². The number of unbranched alkanes of at least 4 members (excludes halogenated alkanes) is 3. The lowest BCUT2D eigenvalue weighted by Gasteiger charge is -1.95. The number of allylic oxidation sites excluding steroid dienone is 1. The van der Waals surface area contributed by atoms with Crippen molar-refractivity contribution in [2.24, 2.45) is 0 Å². The van der Waals surface area contributed by atoms with Gasteiger partial charge in [-0.3, -0.25) is 0 Å². The van der Waals surface area contributed by atoms with Crippen LogP contribution < -0.4 is 0 Å². The topological polar surface area (TPSA) is 34.1 Å². The Balaban J connectivity index is 3.22. The molecular weight excluding hydrogens is 184 g/mol. The number of halogens is 1. The Kier molecular flexibility index (Phi) is 5.60. The Morgan fingerprint density at radius 1 is 1.27 bits per heavy atom. The second-order valence-electron chi connectivity index (χ2n) is 2.38. The molecule has 0 saturated heterocycles. The maximum Gasteiger partial charge on any atom is 0.232 e. The third kappa shape index (κ3) is 9.98. The third-order valence-electron chi connectivity index (χ3n) is 1.30. The molecule has 0 N–H and O–H groups in total. The molecule has 4 heteroatoms. The first-order chi connectivity index (χ1) is 5.06. The molecule has 0 aromatic rings. The van der Waals surface area contributed by atoms with Gasteiger partial charge >= 0.3 is 0 Å². The van der Waals surface area contributed by atoms with E-state index in [-0.39, 0.29) is 5.75 Å². The highest BCUT2D eigenvalue weighted by Gasteiger charge is 2.02. The molecule has 0 radical (unpaired) electrons. The predicted octanol–water partition coefficient (Wildman–Crippen LogP) is 2.30. The summed E-state index contributed by atoms with van der Waals surface area (Å²) in [4.78, 5) is 0. The van der Waals surface area contributed by atoms with E-state index in [1.54, 1.807) is 0 Å². The van der Waals surface area contributed by atoms with Crippen molar-refractivity contribution in [3.63, 3.8) is 0 Å². The lowest BCUT2D eigenvalue weighted by atomic mass is 10.2. The van der Waals surface area contributed by atoms with Crippen molar-refractivity contribution in [3.05, 3.63) is 12.7 Å². The van der Waals surface area contributed by atoms with Crippen LogP contribution in [0, 0.1) is 0 Å². The minimum Gasteiger partial charge on any atom is -0.212 e. The number of rotatable bonds is 6. The summed E-state index contributed by atoms with van der Waals surface area (Å²) >= 11 is 0. The Hall–Kier alpha value is -0.0200. The number of hydrogen-bond acceptors (Lipinski definition) is 2. The fourth-order valence-corrected chi connectivity index (χ4v) is 1.62. The summed E-state index contributed by atoms with van der Waals surface area (Å²) in [6, 6.07) is 0. The van der Waals surface area contributed by atoms with Crippen molar-refractivity contribution in [1.29, 1.82) is 0 Å². The molecule has 0 rings (SSSR count). The van der Waals surface area contributed by atoms with E-state index in [2.05, 4.69) is 6.58 Å². The van der Waals surface area contributed by atoms with Gasteiger partial charge in [0.15, 0.2) is 0 Å². The first kappa shape index (κ1) is 11.0. The van der Waals surface area contributed by atoms with Gasteiger partial charge in [-0.25, -0.2) is 8.42 Å². The van der Waals surface area contributed by atoms with Gasteiger partial charge in [-0.2, -0.15) is 0 Å². The van der Waals surface area contributed by atoms with Crippen LogP contribution in [0.3, 0.4) is 0 Å². The SMILES string of the molecule is C=CCCCCCS(=O)(=O)Cl. The minimum absolute atomic E-state index is 0.0890. The normalized spacial score (nSPS) is 11.4. The van der Waals surface area contributed by atoms with E-state index in [0.717, 1.165) is 19.3 Å². The molecule has 0 heterocycles. The molecule has 0 saturated carbocycles. The highest BCUT2D eigenvalue weighted by Crippen LogP contribution is 2.05. The summed E-state index contributed by atoms with van der Waals surface area (Å²) in [6.45, 7) is 3.56. The molecule has 0 unspecified atom stereocenters. The quantitative estimate of drug-likeness (QED) is 0.371. The van der Waals surface area contributed by atoms with Gasteiger partial charge in [-0.05, 0) is 19.3 Å². The Bertz CT molecular complexity index is 196. The van der Waals surface area contributed by atoms with Gasteiger partial charge < -0.3 is 0 Å². The maximum absolute atomic E-state index is 10.4. The summed E-state index contributed by atoms with van der Waals surface area (Å²) in [5.74, 6) is 0.0890. The van der Waals surface area contributed by atoms with Crippen molar-refractivity contribution < 1.29 is 8.42 Å². The molecule has 0 spiro atoms. The summed E-state index contributed by atoms with van der Waals surface area (Å²) in [6.07, 6.45) is 5.32. The monoisotopic (exact) mass is 196 g/mol. The minimum atomic E-state index is -3.26. The van der Waals surface area contributed by atoms with E-state index in [0.29, 0.717) is 6.42 Å². The standard InChI is InChI=1S/C7H13ClO2S/c1-2-3-4-5-6-7-11(8,9)10/h2H,1,3-7H2. The first-order valence-electron chi connectivity index (χ1n) is 3.59. The van der Waals surface area contributed by atoms with Crippen LogP contribution in [-0.4, -0.2) is 14.2 Å². The molecule has 0 aliphatic carbocycles. The zero-order valence-corrected chi connectivity index (χ0v) is 8.00. The summed E-state index contributed by atoms with van der Waals surface area (Å²) < 4.78 is 20.8. The zero-order chi connectivity index (χ0) is 8.74. The molecule has 0 amide bonds. The Labute approximate surface area is 72.7 Å². The molecule has 66 valence electrons. The van der Waals surface area contributed by atoms with E-state index in [1.807, 2.05) is 6.08 Å².